The maximum atomic E-state index is 12.0. The summed E-state index contributed by atoms with van der Waals surface area (Å²) in [5.74, 6) is 0.434. The number of hydrogen-bond acceptors (Lipinski definition) is 3. The van der Waals surface area contributed by atoms with E-state index in [9.17, 15) is 18.3 Å². The summed E-state index contributed by atoms with van der Waals surface area (Å²) in [6.07, 6.45) is -3.07. The van der Waals surface area contributed by atoms with E-state index in [-0.39, 0.29) is 5.75 Å². The molecule has 96 valence electrons. The summed E-state index contributed by atoms with van der Waals surface area (Å²) in [4.78, 5) is 0. The Morgan fingerprint density at radius 3 is 2.71 bits per heavy atom. The number of alkyl halides is 3. The molecular formula is C11H13F3O2S. The van der Waals surface area contributed by atoms with E-state index in [4.69, 9.17) is 0 Å². The van der Waals surface area contributed by atoms with Crippen molar-refractivity contribution in [3.8, 4) is 5.75 Å². The lowest BCUT2D eigenvalue weighted by atomic mass is 10.1. The highest BCUT2D eigenvalue weighted by atomic mass is 32.2. The number of benzene rings is 1. The van der Waals surface area contributed by atoms with Crippen molar-refractivity contribution in [1.29, 1.82) is 0 Å². The average Bonchev–Trinajstić information content (AvgIpc) is 2.24. The molecule has 0 heterocycles. The molecule has 0 aliphatic rings. The Labute approximate surface area is 102 Å². The first-order valence-corrected chi connectivity index (χ1v) is 6.34. The second kappa shape index (κ2) is 6.16. The third kappa shape index (κ3) is 5.32. The van der Waals surface area contributed by atoms with E-state index in [1.165, 1.54) is 18.2 Å². The maximum absolute atomic E-state index is 12.0. The van der Waals surface area contributed by atoms with Crippen molar-refractivity contribution in [3.63, 3.8) is 0 Å². The summed E-state index contributed by atoms with van der Waals surface area (Å²) in [5, 5.41) is 9.72. The van der Waals surface area contributed by atoms with Gasteiger partial charge in [-0.05, 0) is 36.1 Å². The highest BCUT2D eigenvalue weighted by Gasteiger charge is 2.31. The number of aliphatic hydroxyl groups is 1. The largest absolute Gasteiger partial charge is 0.573 e. The molecule has 1 rings (SSSR count). The van der Waals surface area contributed by atoms with Crippen LogP contribution < -0.4 is 4.74 Å². The quantitative estimate of drug-likeness (QED) is 0.886. The maximum Gasteiger partial charge on any atom is 0.573 e. The van der Waals surface area contributed by atoms with Crippen LogP contribution in [0.3, 0.4) is 0 Å². The van der Waals surface area contributed by atoms with E-state index < -0.39 is 12.5 Å². The molecule has 0 aliphatic heterocycles. The van der Waals surface area contributed by atoms with Crippen LogP contribution in [0.2, 0.25) is 0 Å². The van der Waals surface area contributed by atoms with Gasteiger partial charge in [0, 0.05) is 0 Å². The minimum absolute atomic E-state index is 0.307. The Morgan fingerprint density at radius 1 is 1.41 bits per heavy atom. The van der Waals surface area contributed by atoms with Crippen LogP contribution in [0.1, 0.15) is 18.1 Å². The predicted octanol–water partition coefficient (Wildman–Crippen LogP) is 3.37. The summed E-state index contributed by atoms with van der Waals surface area (Å²) in [7, 11) is 0. The highest BCUT2D eigenvalue weighted by molar-refractivity contribution is 7.98. The Hall–Kier alpha value is -0.880. The summed E-state index contributed by atoms with van der Waals surface area (Å²) in [6, 6.07) is 5.42. The lowest BCUT2D eigenvalue weighted by Crippen LogP contribution is -2.17. The van der Waals surface area contributed by atoms with Crippen LogP contribution in [-0.2, 0) is 0 Å². The van der Waals surface area contributed by atoms with Gasteiger partial charge in [-0.25, -0.2) is 0 Å². The van der Waals surface area contributed by atoms with Crippen LogP contribution in [0.4, 0.5) is 13.2 Å². The minimum atomic E-state index is -4.71. The molecule has 6 heteroatoms. The van der Waals surface area contributed by atoms with Gasteiger partial charge in [0.25, 0.3) is 0 Å². The summed E-state index contributed by atoms with van der Waals surface area (Å²) >= 11 is 1.57. The number of ether oxygens (including phenoxy) is 1. The van der Waals surface area contributed by atoms with Crippen molar-refractivity contribution < 1.29 is 23.0 Å². The zero-order valence-electron chi connectivity index (χ0n) is 9.20. The lowest BCUT2D eigenvalue weighted by molar-refractivity contribution is -0.274. The first kappa shape index (κ1) is 14.2. The Kier molecular flexibility index (Phi) is 5.14. The second-order valence-corrected chi connectivity index (χ2v) is 4.40. The molecule has 17 heavy (non-hydrogen) atoms. The van der Waals surface area contributed by atoms with Crippen molar-refractivity contribution in [3.05, 3.63) is 29.8 Å². The van der Waals surface area contributed by atoms with Crippen molar-refractivity contribution in [2.24, 2.45) is 0 Å². The van der Waals surface area contributed by atoms with Gasteiger partial charge in [-0.15, -0.1) is 13.2 Å². The SMILES string of the molecule is CSCCC(O)c1cccc(OC(F)(F)F)c1. The molecular weight excluding hydrogens is 253 g/mol. The molecule has 1 unspecified atom stereocenters. The number of aliphatic hydroxyl groups excluding tert-OH is 1. The topological polar surface area (TPSA) is 29.5 Å². The molecule has 0 bridgehead atoms. The van der Waals surface area contributed by atoms with Crippen LogP contribution >= 0.6 is 11.8 Å². The minimum Gasteiger partial charge on any atom is -0.406 e. The molecule has 1 aromatic carbocycles. The Bertz CT molecular complexity index is 355. The van der Waals surface area contributed by atoms with Crippen LogP contribution in [-0.4, -0.2) is 23.5 Å². The molecule has 1 N–H and O–H groups in total. The molecule has 0 amide bonds. The van der Waals surface area contributed by atoms with E-state index in [0.717, 1.165) is 5.75 Å². The highest BCUT2D eigenvalue weighted by Crippen LogP contribution is 2.26. The molecule has 2 nitrogen and oxygen atoms in total. The number of hydrogen-bond donors (Lipinski definition) is 1. The van der Waals surface area contributed by atoms with Crippen LogP contribution in [0, 0.1) is 0 Å². The van der Waals surface area contributed by atoms with Gasteiger partial charge in [-0.2, -0.15) is 11.8 Å². The second-order valence-electron chi connectivity index (χ2n) is 3.42. The lowest BCUT2D eigenvalue weighted by Gasteiger charge is -2.13. The monoisotopic (exact) mass is 266 g/mol. The zero-order valence-corrected chi connectivity index (χ0v) is 10.0. The third-order valence-corrected chi connectivity index (χ3v) is 2.72. The molecule has 0 saturated carbocycles. The molecule has 0 fully saturated rings. The van der Waals surface area contributed by atoms with Crippen molar-refractivity contribution in [2.45, 2.75) is 18.9 Å². The van der Waals surface area contributed by atoms with Crippen molar-refractivity contribution >= 4 is 11.8 Å². The van der Waals surface area contributed by atoms with Gasteiger partial charge in [0.05, 0.1) is 6.10 Å². The van der Waals surface area contributed by atoms with Gasteiger partial charge in [-0.1, -0.05) is 12.1 Å². The van der Waals surface area contributed by atoms with Gasteiger partial charge in [0.15, 0.2) is 0 Å². The predicted molar refractivity (Wildman–Crippen MR) is 61.1 cm³/mol. The third-order valence-electron chi connectivity index (χ3n) is 2.07. The summed E-state index contributed by atoms with van der Waals surface area (Å²) < 4.78 is 39.7. The van der Waals surface area contributed by atoms with Crippen molar-refractivity contribution in [1.82, 2.24) is 0 Å². The number of rotatable bonds is 5. The number of halogens is 3. The Balaban J connectivity index is 2.71. The molecule has 1 aromatic rings. The van der Waals surface area contributed by atoms with Crippen LogP contribution in [0.15, 0.2) is 24.3 Å². The van der Waals surface area contributed by atoms with E-state index in [1.54, 1.807) is 17.8 Å². The van der Waals surface area contributed by atoms with Gasteiger partial charge >= 0.3 is 6.36 Å². The van der Waals surface area contributed by atoms with Gasteiger partial charge in [-0.3, -0.25) is 0 Å². The fraction of sp³-hybridized carbons (Fsp3) is 0.455. The normalized spacial score (nSPS) is 13.5. The van der Waals surface area contributed by atoms with E-state index >= 15 is 0 Å². The molecule has 1 atom stereocenters. The smallest absolute Gasteiger partial charge is 0.406 e. The first-order chi connectivity index (χ1) is 7.92. The molecule has 0 saturated heterocycles. The number of thioether (sulfide) groups is 1. The average molecular weight is 266 g/mol. The standard InChI is InChI=1S/C11H13F3O2S/c1-17-6-5-10(15)8-3-2-4-9(7-8)16-11(12,13)14/h2-4,7,10,15H,5-6H2,1H3. The Morgan fingerprint density at radius 2 is 2.12 bits per heavy atom. The van der Waals surface area contributed by atoms with Gasteiger partial charge in [0.1, 0.15) is 5.75 Å². The van der Waals surface area contributed by atoms with Gasteiger partial charge < -0.3 is 9.84 Å². The van der Waals surface area contributed by atoms with Gasteiger partial charge in [0.2, 0.25) is 0 Å². The fourth-order valence-electron chi connectivity index (χ4n) is 1.32. The van der Waals surface area contributed by atoms with Crippen LogP contribution in [0.5, 0.6) is 5.75 Å². The molecule has 0 aromatic heterocycles. The van der Waals surface area contributed by atoms with Crippen molar-refractivity contribution in [2.75, 3.05) is 12.0 Å². The van der Waals surface area contributed by atoms with E-state index in [2.05, 4.69) is 4.74 Å². The first-order valence-electron chi connectivity index (χ1n) is 4.95. The van der Waals surface area contributed by atoms with E-state index in [1.807, 2.05) is 6.26 Å². The summed E-state index contributed by atoms with van der Waals surface area (Å²) in [5.41, 5.74) is 0.431. The van der Waals surface area contributed by atoms with Crippen LogP contribution in [0.25, 0.3) is 0 Å². The fourth-order valence-corrected chi connectivity index (χ4v) is 1.77. The summed E-state index contributed by atoms with van der Waals surface area (Å²) in [6.45, 7) is 0. The molecule has 0 aliphatic carbocycles. The zero-order chi connectivity index (χ0) is 12.9. The van der Waals surface area contributed by atoms with E-state index in [0.29, 0.717) is 12.0 Å². The molecule has 0 spiro atoms. The molecule has 0 radical (unpaired) electrons.